The van der Waals surface area contributed by atoms with Gasteiger partial charge in [-0.3, -0.25) is 19.2 Å². The highest BCUT2D eigenvalue weighted by atomic mass is 16.5. The monoisotopic (exact) mass is 625 g/mol. The van der Waals surface area contributed by atoms with E-state index < -0.39 is 0 Å². The quantitative estimate of drug-likeness (QED) is 0.169. The minimum Gasteiger partial charge on any atom is -0.493 e. The summed E-state index contributed by atoms with van der Waals surface area (Å²) in [4.78, 5) is 48.8. The summed E-state index contributed by atoms with van der Waals surface area (Å²) < 4.78 is 21.7. The number of methoxy groups -OCH3 is 4. The predicted molar refractivity (Wildman–Crippen MR) is 173 cm³/mol. The number of carbonyl (C=O) groups is 3. The molecule has 3 rings (SSSR count). The maximum absolute atomic E-state index is 13.4. The van der Waals surface area contributed by atoms with Crippen LogP contribution in [0.2, 0.25) is 0 Å². The summed E-state index contributed by atoms with van der Waals surface area (Å²) in [6.45, 7) is 2.64. The zero-order valence-electron chi connectivity index (χ0n) is 27.1. The summed E-state index contributed by atoms with van der Waals surface area (Å²) in [5.74, 6) is 1.14. The Morgan fingerprint density at radius 1 is 0.844 bits per heavy atom. The van der Waals surface area contributed by atoms with Gasteiger partial charge in [0.2, 0.25) is 23.0 Å². The number of ether oxygens (including phenoxy) is 4. The van der Waals surface area contributed by atoms with E-state index >= 15 is 0 Å². The van der Waals surface area contributed by atoms with Crippen molar-refractivity contribution in [3.8, 4) is 28.4 Å². The van der Waals surface area contributed by atoms with Gasteiger partial charge in [-0.2, -0.15) is 0 Å². The van der Waals surface area contributed by atoms with Gasteiger partial charge >= 0.3 is 5.97 Å². The molecule has 246 valence electrons. The number of benzene rings is 1. The fourth-order valence-corrected chi connectivity index (χ4v) is 5.65. The first-order valence-corrected chi connectivity index (χ1v) is 15.6. The number of hydrogen-bond acceptors (Lipinski definition) is 9. The molecule has 0 heterocycles. The van der Waals surface area contributed by atoms with Crippen LogP contribution in [0, 0.1) is 0 Å². The molecule has 0 spiro atoms. The Kier molecular flexibility index (Phi) is 14.0. The number of esters is 1. The highest BCUT2D eigenvalue weighted by molar-refractivity contribution is 5.83. The van der Waals surface area contributed by atoms with E-state index in [4.69, 9.17) is 14.2 Å². The van der Waals surface area contributed by atoms with Gasteiger partial charge in [0, 0.05) is 38.4 Å². The summed E-state index contributed by atoms with van der Waals surface area (Å²) in [7, 11) is 6.08. The van der Waals surface area contributed by atoms with Crippen molar-refractivity contribution in [1.82, 2.24) is 10.6 Å². The molecule has 11 heteroatoms. The molecular formula is C34H47N3O8. The van der Waals surface area contributed by atoms with Crippen molar-refractivity contribution in [2.75, 3.05) is 46.8 Å². The van der Waals surface area contributed by atoms with Crippen LogP contribution < -0.4 is 35.6 Å². The van der Waals surface area contributed by atoms with E-state index in [0.717, 1.165) is 55.2 Å². The second-order valence-electron chi connectivity index (χ2n) is 11.1. The smallest absolute Gasteiger partial charge is 0.305 e. The lowest BCUT2D eigenvalue weighted by Crippen LogP contribution is -2.26. The van der Waals surface area contributed by atoms with Gasteiger partial charge in [-0.1, -0.05) is 18.9 Å². The van der Waals surface area contributed by atoms with E-state index in [1.165, 1.54) is 14.0 Å². The lowest BCUT2D eigenvalue weighted by molar-refractivity contribution is -0.140. The minimum absolute atomic E-state index is 0.0213. The van der Waals surface area contributed by atoms with Gasteiger partial charge in [0.05, 0.1) is 40.2 Å². The number of rotatable bonds is 17. The normalized spacial score (nSPS) is 13.4. The molecule has 1 aliphatic carbocycles. The molecule has 2 aromatic rings. The van der Waals surface area contributed by atoms with Crippen molar-refractivity contribution in [2.45, 2.75) is 77.2 Å². The molecule has 0 radical (unpaired) electrons. The molecule has 1 aliphatic rings. The van der Waals surface area contributed by atoms with E-state index in [2.05, 4.69) is 20.7 Å². The largest absolute Gasteiger partial charge is 0.493 e. The molecular weight excluding hydrogens is 578 g/mol. The molecule has 0 aliphatic heterocycles. The SMILES string of the molecule is COC(=O)CCCCCNC(=O)CCCCCNc1ccc2c(cc1=O)C(NC(C)=O)CCc1cc(OC)c(OC)c(OC)c1-2. The maximum Gasteiger partial charge on any atom is 0.305 e. The third-order valence-corrected chi connectivity index (χ3v) is 7.92. The molecule has 1 unspecified atom stereocenters. The number of amides is 2. The number of aryl methyl sites for hydroxylation is 1. The van der Waals surface area contributed by atoms with Crippen molar-refractivity contribution in [2.24, 2.45) is 0 Å². The fourth-order valence-electron chi connectivity index (χ4n) is 5.65. The lowest BCUT2D eigenvalue weighted by atomic mass is 9.95. The number of fused-ring (bicyclic) bond motifs is 3. The number of carbonyl (C=O) groups excluding carboxylic acids is 3. The molecule has 0 saturated carbocycles. The zero-order valence-corrected chi connectivity index (χ0v) is 27.1. The van der Waals surface area contributed by atoms with E-state index in [0.29, 0.717) is 67.3 Å². The Balaban J connectivity index is 1.66. The number of nitrogens with one attached hydrogen (secondary N) is 3. The molecule has 2 amide bonds. The summed E-state index contributed by atoms with van der Waals surface area (Å²) >= 11 is 0. The Morgan fingerprint density at radius 3 is 2.22 bits per heavy atom. The lowest BCUT2D eigenvalue weighted by Gasteiger charge is -2.19. The maximum atomic E-state index is 13.4. The van der Waals surface area contributed by atoms with Gasteiger partial charge in [0.15, 0.2) is 11.5 Å². The zero-order chi connectivity index (χ0) is 32.8. The Labute approximate surface area is 265 Å². The Bertz CT molecular complexity index is 1390. The van der Waals surface area contributed by atoms with Crippen LogP contribution in [-0.4, -0.2) is 59.3 Å². The van der Waals surface area contributed by atoms with E-state index in [9.17, 15) is 19.2 Å². The van der Waals surface area contributed by atoms with Crippen molar-refractivity contribution in [1.29, 1.82) is 0 Å². The fraction of sp³-hybridized carbons (Fsp3) is 0.529. The van der Waals surface area contributed by atoms with E-state index in [-0.39, 0.29) is 29.3 Å². The molecule has 0 fully saturated rings. The molecule has 11 nitrogen and oxygen atoms in total. The van der Waals surface area contributed by atoms with Crippen LogP contribution in [0.25, 0.3) is 11.1 Å². The topological polar surface area (TPSA) is 141 Å². The summed E-state index contributed by atoms with van der Waals surface area (Å²) in [6.07, 6.45) is 6.88. The molecule has 0 bridgehead atoms. The highest BCUT2D eigenvalue weighted by Gasteiger charge is 2.29. The van der Waals surface area contributed by atoms with Gasteiger partial charge < -0.3 is 34.9 Å². The summed E-state index contributed by atoms with van der Waals surface area (Å²) in [6, 6.07) is 6.82. The van der Waals surface area contributed by atoms with Crippen LogP contribution in [0.1, 0.15) is 81.9 Å². The van der Waals surface area contributed by atoms with Crippen molar-refractivity contribution < 1.29 is 33.3 Å². The van der Waals surface area contributed by atoms with Crippen LogP contribution in [0.3, 0.4) is 0 Å². The van der Waals surface area contributed by atoms with Crippen molar-refractivity contribution >= 4 is 23.5 Å². The summed E-state index contributed by atoms with van der Waals surface area (Å²) in [5, 5.41) is 9.21. The van der Waals surface area contributed by atoms with Crippen LogP contribution in [0.15, 0.2) is 29.1 Å². The van der Waals surface area contributed by atoms with Gasteiger partial charge in [0.25, 0.3) is 0 Å². The summed E-state index contributed by atoms with van der Waals surface area (Å²) in [5.41, 5.74) is 3.53. The van der Waals surface area contributed by atoms with Gasteiger partial charge in [-0.05, 0) is 73.4 Å². The van der Waals surface area contributed by atoms with Crippen molar-refractivity contribution in [3.63, 3.8) is 0 Å². The first-order valence-electron chi connectivity index (χ1n) is 15.6. The average molecular weight is 626 g/mol. The Hall–Kier alpha value is -4.28. The van der Waals surface area contributed by atoms with E-state index in [1.54, 1.807) is 33.5 Å². The number of hydrogen-bond donors (Lipinski definition) is 3. The van der Waals surface area contributed by atoms with Crippen LogP contribution in [0.5, 0.6) is 17.2 Å². The highest BCUT2D eigenvalue weighted by Crippen LogP contribution is 2.50. The third kappa shape index (κ3) is 9.86. The molecule has 1 atom stereocenters. The second kappa shape index (κ2) is 17.9. The van der Waals surface area contributed by atoms with Gasteiger partial charge in [0.1, 0.15) is 0 Å². The number of unbranched alkanes of at least 4 members (excludes halogenated alkanes) is 4. The molecule has 45 heavy (non-hydrogen) atoms. The van der Waals surface area contributed by atoms with Crippen LogP contribution in [0.4, 0.5) is 5.69 Å². The first-order chi connectivity index (χ1) is 21.7. The van der Waals surface area contributed by atoms with Crippen molar-refractivity contribution in [3.05, 3.63) is 45.6 Å². The van der Waals surface area contributed by atoms with Gasteiger partial charge in [-0.15, -0.1) is 0 Å². The third-order valence-electron chi connectivity index (χ3n) is 7.92. The minimum atomic E-state index is -0.370. The number of anilines is 1. The van der Waals surface area contributed by atoms with Crippen LogP contribution in [-0.2, 0) is 25.5 Å². The molecule has 2 aromatic carbocycles. The molecule has 0 saturated heterocycles. The van der Waals surface area contributed by atoms with Gasteiger partial charge in [-0.25, -0.2) is 0 Å². The molecule has 3 N–H and O–H groups in total. The average Bonchev–Trinajstić information content (AvgIpc) is 3.27. The first kappa shape index (κ1) is 35.2. The second-order valence-corrected chi connectivity index (χ2v) is 11.1. The van der Waals surface area contributed by atoms with E-state index in [1.807, 2.05) is 12.1 Å². The standard InChI is InChI=1S/C34H47N3O8/c1-22(38)37-26-16-14-23-20-29(42-2)33(44-4)34(45-5)32(23)24-15-17-27(28(39)21-25(24)26)35-18-10-6-8-12-30(40)36-19-11-7-9-13-31(41)43-3/h15,17,20-21,26H,6-14,16,18-19H2,1-5H3,(H,35,39)(H,36,40)(H,37,38). The molecule has 0 aromatic heterocycles. The predicted octanol–water partition coefficient (Wildman–Crippen LogP) is 4.68. The van der Waals surface area contributed by atoms with Crippen LogP contribution >= 0.6 is 0 Å². The Morgan fingerprint density at radius 2 is 1.56 bits per heavy atom.